The normalized spacial score (nSPS) is 16.2. The molecule has 1 aromatic carbocycles. The first-order valence-corrected chi connectivity index (χ1v) is 7.43. The minimum Gasteiger partial charge on any atom is -0.383 e. The largest absolute Gasteiger partial charge is 0.383 e. The molecule has 0 amide bonds. The minimum atomic E-state index is -0.170. The second-order valence-electron chi connectivity index (χ2n) is 5.52. The lowest BCUT2D eigenvalue weighted by molar-refractivity contribution is 0.182. The predicted octanol–water partition coefficient (Wildman–Crippen LogP) is 2.94. The molecule has 112 valence electrons. The van der Waals surface area contributed by atoms with E-state index in [1.54, 1.807) is 13.2 Å². The number of anilines is 1. The molecule has 1 aromatic rings. The second kappa shape index (κ2) is 7.04. The van der Waals surface area contributed by atoms with Crippen LogP contribution in [0.15, 0.2) is 18.2 Å². The van der Waals surface area contributed by atoms with Gasteiger partial charge in [0, 0.05) is 38.0 Å². The van der Waals surface area contributed by atoms with E-state index in [1.165, 1.54) is 18.9 Å². The van der Waals surface area contributed by atoms with Crippen molar-refractivity contribution >= 4 is 5.69 Å². The van der Waals surface area contributed by atoms with Crippen LogP contribution in [0.1, 0.15) is 32.3 Å². The van der Waals surface area contributed by atoms with Crippen molar-refractivity contribution in [3.8, 4) is 0 Å². The fraction of sp³-hybridized carbons (Fsp3) is 0.625. The zero-order valence-electron chi connectivity index (χ0n) is 12.7. The first-order chi connectivity index (χ1) is 9.65. The molecule has 0 aliphatic heterocycles. The third-order valence-corrected chi connectivity index (χ3v) is 3.79. The Morgan fingerprint density at radius 2 is 2.20 bits per heavy atom. The molecule has 2 rings (SSSR count). The van der Waals surface area contributed by atoms with Gasteiger partial charge in [0.25, 0.3) is 0 Å². The van der Waals surface area contributed by atoms with Crippen molar-refractivity contribution in [1.82, 2.24) is 5.32 Å². The maximum Gasteiger partial charge on any atom is 0.123 e. The quantitative estimate of drug-likeness (QED) is 0.792. The Labute approximate surface area is 121 Å². The number of methoxy groups -OCH3 is 1. The average molecular weight is 280 g/mol. The van der Waals surface area contributed by atoms with Crippen molar-refractivity contribution in [3.63, 3.8) is 0 Å². The van der Waals surface area contributed by atoms with Crippen LogP contribution in [0.3, 0.4) is 0 Å². The van der Waals surface area contributed by atoms with Crippen LogP contribution in [-0.4, -0.2) is 32.3 Å². The molecule has 1 fully saturated rings. The van der Waals surface area contributed by atoms with Crippen LogP contribution in [0.2, 0.25) is 0 Å². The summed E-state index contributed by atoms with van der Waals surface area (Å²) in [6, 6.07) is 5.97. The van der Waals surface area contributed by atoms with Crippen LogP contribution < -0.4 is 10.2 Å². The van der Waals surface area contributed by atoms with Crippen LogP contribution in [-0.2, 0) is 11.3 Å². The highest BCUT2D eigenvalue weighted by Gasteiger charge is 2.22. The first-order valence-electron chi connectivity index (χ1n) is 7.43. The molecule has 0 spiro atoms. The highest BCUT2D eigenvalue weighted by molar-refractivity contribution is 5.54. The number of nitrogens with zero attached hydrogens (tertiary/aromatic N) is 1. The number of rotatable bonds is 8. The zero-order valence-corrected chi connectivity index (χ0v) is 12.7. The molecular weight excluding hydrogens is 255 g/mol. The van der Waals surface area contributed by atoms with Crippen molar-refractivity contribution < 1.29 is 9.13 Å². The molecule has 3 nitrogen and oxygen atoms in total. The van der Waals surface area contributed by atoms with Crippen LogP contribution in [0.4, 0.5) is 10.1 Å². The standard InChI is InChI=1S/C16H25FN2O/c1-4-19(12(2)11-20-3)16-8-5-14(17)9-13(16)10-18-15-6-7-15/h5,8-9,12,15,18H,4,6-7,10-11H2,1-3H3. The summed E-state index contributed by atoms with van der Waals surface area (Å²) in [6.45, 7) is 6.53. The molecule has 1 aliphatic rings. The molecule has 1 atom stereocenters. The van der Waals surface area contributed by atoms with E-state index in [1.807, 2.05) is 6.07 Å². The molecule has 1 aliphatic carbocycles. The molecule has 0 bridgehead atoms. The predicted molar refractivity (Wildman–Crippen MR) is 80.6 cm³/mol. The third-order valence-electron chi connectivity index (χ3n) is 3.79. The summed E-state index contributed by atoms with van der Waals surface area (Å²) in [7, 11) is 1.71. The summed E-state index contributed by atoms with van der Waals surface area (Å²) in [4.78, 5) is 2.27. The number of hydrogen-bond acceptors (Lipinski definition) is 3. The minimum absolute atomic E-state index is 0.170. The molecule has 4 heteroatoms. The van der Waals surface area contributed by atoms with Gasteiger partial charge < -0.3 is 15.0 Å². The van der Waals surface area contributed by atoms with E-state index in [9.17, 15) is 4.39 Å². The molecule has 1 N–H and O–H groups in total. The van der Waals surface area contributed by atoms with Crippen LogP contribution in [0.5, 0.6) is 0 Å². The molecule has 0 aromatic heterocycles. The lowest BCUT2D eigenvalue weighted by Crippen LogP contribution is -2.37. The number of likely N-dealkylation sites (N-methyl/N-ethyl adjacent to an activating group) is 1. The number of ether oxygens (including phenoxy) is 1. The monoisotopic (exact) mass is 280 g/mol. The van der Waals surface area contributed by atoms with Crippen LogP contribution in [0, 0.1) is 5.82 Å². The Bertz CT molecular complexity index is 434. The van der Waals surface area contributed by atoms with E-state index >= 15 is 0 Å². The van der Waals surface area contributed by atoms with E-state index in [-0.39, 0.29) is 11.9 Å². The van der Waals surface area contributed by atoms with E-state index in [4.69, 9.17) is 4.74 Å². The Morgan fingerprint density at radius 3 is 2.80 bits per heavy atom. The van der Waals surface area contributed by atoms with Crippen molar-refractivity contribution in [2.75, 3.05) is 25.2 Å². The van der Waals surface area contributed by atoms with Crippen LogP contribution >= 0.6 is 0 Å². The van der Waals surface area contributed by atoms with Gasteiger partial charge >= 0.3 is 0 Å². The Balaban J connectivity index is 2.17. The van der Waals surface area contributed by atoms with Crippen molar-refractivity contribution in [2.24, 2.45) is 0 Å². The highest BCUT2D eigenvalue weighted by Crippen LogP contribution is 2.26. The number of nitrogens with one attached hydrogen (secondary N) is 1. The molecule has 1 unspecified atom stereocenters. The summed E-state index contributed by atoms with van der Waals surface area (Å²) in [5.74, 6) is -0.170. The Kier molecular flexibility index (Phi) is 5.38. The van der Waals surface area contributed by atoms with Gasteiger partial charge in [-0.3, -0.25) is 0 Å². The summed E-state index contributed by atoms with van der Waals surface area (Å²) in [5, 5.41) is 3.47. The maximum absolute atomic E-state index is 13.5. The Morgan fingerprint density at radius 1 is 1.45 bits per heavy atom. The highest BCUT2D eigenvalue weighted by atomic mass is 19.1. The molecule has 20 heavy (non-hydrogen) atoms. The topological polar surface area (TPSA) is 24.5 Å². The Hall–Kier alpha value is -1.13. The number of halogens is 1. The summed E-state index contributed by atoms with van der Waals surface area (Å²) >= 11 is 0. The lowest BCUT2D eigenvalue weighted by Gasteiger charge is -2.31. The molecule has 0 heterocycles. The van der Waals surface area contributed by atoms with Gasteiger partial charge in [-0.2, -0.15) is 0 Å². The van der Waals surface area contributed by atoms with E-state index < -0.39 is 0 Å². The van der Waals surface area contributed by atoms with Gasteiger partial charge in [0.15, 0.2) is 0 Å². The number of benzene rings is 1. The van der Waals surface area contributed by atoms with Crippen LogP contribution in [0.25, 0.3) is 0 Å². The fourth-order valence-electron chi connectivity index (χ4n) is 2.57. The van der Waals surface area contributed by atoms with Crippen molar-refractivity contribution in [1.29, 1.82) is 0 Å². The molecule has 1 saturated carbocycles. The summed E-state index contributed by atoms with van der Waals surface area (Å²) in [6.07, 6.45) is 2.48. The molecular formula is C16H25FN2O. The van der Waals surface area contributed by atoms with Gasteiger partial charge in [-0.1, -0.05) is 0 Å². The zero-order chi connectivity index (χ0) is 14.5. The maximum atomic E-state index is 13.5. The van der Waals surface area contributed by atoms with Gasteiger partial charge in [-0.05, 0) is 50.5 Å². The van der Waals surface area contributed by atoms with Gasteiger partial charge in [-0.25, -0.2) is 4.39 Å². The third kappa shape index (κ3) is 3.93. The van der Waals surface area contributed by atoms with E-state index in [2.05, 4.69) is 24.1 Å². The molecule has 0 saturated heterocycles. The van der Waals surface area contributed by atoms with Crippen molar-refractivity contribution in [3.05, 3.63) is 29.6 Å². The van der Waals surface area contributed by atoms with Gasteiger partial charge in [-0.15, -0.1) is 0 Å². The van der Waals surface area contributed by atoms with Crippen molar-refractivity contribution in [2.45, 2.75) is 45.3 Å². The average Bonchev–Trinajstić information content (AvgIpc) is 3.23. The SMILES string of the molecule is CCN(c1ccc(F)cc1CNC1CC1)C(C)COC. The van der Waals surface area contributed by atoms with E-state index in [0.717, 1.165) is 24.3 Å². The summed E-state index contributed by atoms with van der Waals surface area (Å²) < 4.78 is 18.8. The van der Waals surface area contributed by atoms with Gasteiger partial charge in [0.2, 0.25) is 0 Å². The van der Waals surface area contributed by atoms with E-state index in [0.29, 0.717) is 12.6 Å². The lowest BCUT2D eigenvalue weighted by atomic mass is 10.1. The van der Waals surface area contributed by atoms with Gasteiger partial charge in [0.1, 0.15) is 5.82 Å². The summed E-state index contributed by atoms with van der Waals surface area (Å²) in [5.41, 5.74) is 2.13. The van der Waals surface area contributed by atoms with Gasteiger partial charge in [0.05, 0.1) is 6.61 Å². The number of hydrogen-bond donors (Lipinski definition) is 1. The first kappa shape index (κ1) is 15.3. The smallest absolute Gasteiger partial charge is 0.123 e. The molecule has 0 radical (unpaired) electrons. The second-order valence-corrected chi connectivity index (χ2v) is 5.52. The fourth-order valence-corrected chi connectivity index (χ4v) is 2.57.